The third-order valence-electron chi connectivity index (χ3n) is 6.10. The summed E-state index contributed by atoms with van der Waals surface area (Å²) in [5.41, 5.74) is 6.31. The highest BCUT2D eigenvalue weighted by atomic mass is 16.6. The minimum Gasteiger partial charge on any atom is -0.486 e. The van der Waals surface area contributed by atoms with Gasteiger partial charge in [0.2, 0.25) is 0 Å². The van der Waals surface area contributed by atoms with Crippen LogP contribution in [0.1, 0.15) is 52.6 Å². The van der Waals surface area contributed by atoms with E-state index < -0.39 is 11.6 Å². The van der Waals surface area contributed by atoms with Crippen LogP contribution in [0.15, 0.2) is 24.4 Å². The summed E-state index contributed by atoms with van der Waals surface area (Å²) in [7, 11) is 1.22. The van der Waals surface area contributed by atoms with Crippen molar-refractivity contribution in [1.29, 1.82) is 5.26 Å². The van der Waals surface area contributed by atoms with Gasteiger partial charge in [-0.15, -0.1) is 0 Å². The van der Waals surface area contributed by atoms with Crippen molar-refractivity contribution in [3.05, 3.63) is 41.2 Å². The highest BCUT2D eigenvalue weighted by Gasteiger charge is 2.44. The maximum absolute atomic E-state index is 13.1. The third kappa shape index (κ3) is 3.86. The molecule has 1 amide bonds. The van der Waals surface area contributed by atoms with Crippen LogP contribution >= 0.6 is 0 Å². The van der Waals surface area contributed by atoms with Crippen LogP contribution in [0.25, 0.3) is 5.69 Å². The minimum absolute atomic E-state index is 0.0111. The number of hydrogen-bond acceptors (Lipinski definition) is 8. The van der Waals surface area contributed by atoms with Gasteiger partial charge in [0.05, 0.1) is 37.0 Å². The van der Waals surface area contributed by atoms with Crippen LogP contribution in [-0.4, -0.2) is 59.7 Å². The van der Waals surface area contributed by atoms with Gasteiger partial charge >= 0.3 is 12.1 Å². The number of esters is 1. The number of nitriles is 1. The molecule has 4 rings (SSSR count). The Hall–Kier alpha value is -4.00. The number of piperidine rings is 1. The number of nitrogens with zero attached hydrogens (tertiary/aromatic N) is 3. The van der Waals surface area contributed by atoms with E-state index in [1.165, 1.54) is 17.9 Å². The van der Waals surface area contributed by atoms with Gasteiger partial charge < -0.3 is 29.4 Å². The van der Waals surface area contributed by atoms with Crippen LogP contribution in [-0.2, 0) is 9.47 Å². The summed E-state index contributed by atoms with van der Waals surface area (Å²) < 4.78 is 17.6. The summed E-state index contributed by atoms with van der Waals surface area (Å²) in [5, 5.41) is 9.31. The Morgan fingerprint density at radius 1 is 1.30 bits per heavy atom. The molecule has 2 aromatic rings. The van der Waals surface area contributed by atoms with Gasteiger partial charge in [-0.25, -0.2) is 9.59 Å². The summed E-state index contributed by atoms with van der Waals surface area (Å²) in [6, 6.07) is 6.93. The molecule has 2 aliphatic heterocycles. The molecule has 0 saturated carbocycles. The number of rotatable bonds is 3. The zero-order valence-corrected chi connectivity index (χ0v) is 18.4. The van der Waals surface area contributed by atoms with Gasteiger partial charge in [0, 0.05) is 37.8 Å². The smallest absolute Gasteiger partial charge is 0.409 e. The molecule has 33 heavy (non-hydrogen) atoms. The predicted octanol–water partition coefficient (Wildman–Crippen LogP) is 2.67. The number of carbonyl (C=O) groups is 3. The topological polar surface area (TPSA) is 137 Å². The molecule has 2 aliphatic rings. The molecule has 0 radical (unpaired) electrons. The Morgan fingerprint density at radius 2 is 2.03 bits per heavy atom. The molecule has 0 bridgehead atoms. The van der Waals surface area contributed by atoms with Gasteiger partial charge in [0.1, 0.15) is 17.4 Å². The number of benzene rings is 1. The number of anilines is 1. The Balaban J connectivity index is 1.62. The number of aromatic nitrogens is 1. The van der Waals surface area contributed by atoms with E-state index in [1.54, 1.807) is 30.0 Å². The van der Waals surface area contributed by atoms with Crippen LogP contribution in [0.4, 0.5) is 10.5 Å². The van der Waals surface area contributed by atoms with E-state index in [2.05, 4.69) is 0 Å². The first kappa shape index (κ1) is 22.2. The monoisotopic (exact) mass is 452 g/mol. The molecule has 1 aromatic carbocycles. The summed E-state index contributed by atoms with van der Waals surface area (Å²) in [4.78, 5) is 39.0. The summed E-state index contributed by atoms with van der Waals surface area (Å²) in [6.45, 7) is 2.96. The van der Waals surface area contributed by atoms with Crippen molar-refractivity contribution in [1.82, 2.24) is 9.47 Å². The van der Waals surface area contributed by atoms with Gasteiger partial charge in [0.15, 0.2) is 11.5 Å². The van der Waals surface area contributed by atoms with Crippen LogP contribution in [0, 0.1) is 11.3 Å². The van der Waals surface area contributed by atoms with E-state index in [0.29, 0.717) is 49.5 Å². The predicted molar refractivity (Wildman–Crippen MR) is 116 cm³/mol. The van der Waals surface area contributed by atoms with E-state index in [-0.39, 0.29) is 35.2 Å². The molecule has 1 aromatic heterocycles. The van der Waals surface area contributed by atoms with Gasteiger partial charge in [-0.2, -0.15) is 5.26 Å². The zero-order valence-electron chi connectivity index (χ0n) is 18.4. The molecule has 0 aliphatic carbocycles. The largest absolute Gasteiger partial charge is 0.486 e. The number of hydrogen-bond donors (Lipinski definition) is 1. The van der Waals surface area contributed by atoms with Gasteiger partial charge in [-0.05, 0) is 25.1 Å². The molecular formula is C23H24N4O6. The van der Waals surface area contributed by atoms with Crippen LogP contribution in [0.3, 0.4) is 0 Å². The SMILES string of the molecule is CCOC(=O)N1CCC2(CC1)CC(=O)c1cc(-n3cc(C#N)c(N)c3C(=O)OC)ccc1O2. The standard InChI is InChI=1S/C23H24N4O6/c1-3-32-22(30)26-8-6-23(7-9-26)11-17(28)16-10-15(4-5-18(16)33-23)27-13-14(12-24)19(25)20(27)21(29)31-2/h4-5,10,13H,3,6-9,11,25H2,1-2H3. The number of methoxy groups -OCH3 is 1. The lowest BCUT2D eigenvalue weighted by atomic mass is 9.82. The van der Waals surface area contributed by atoms with Gasteiger partial charge in [-0.3, -0.25) is 4.79 Å². The number of ether oxygens (including phenoxy) is 3. The second-order valence-electron chi connectivity index (χ2n) is 8.03. The number of likely N-dealkylation sites (tertiary alicyclic amines) is 1. The van der Waals surface area contributed by atoms with Crippen molar-refractivity contribution >= 4 is 23.5 Å². The van der Waals surface area contributed by atoms with Crippen LogP contribution in [0.2, 0.25) is 0 Å². The Labute approximate surface area is 190 Å². The van der Waals surface area contributed by atoms with Crippen LogP contribution < -0.4 is 10.5 Å². The molecule has 1 saturated heterocycles. The lowest BCUT2D eigenvalue weighted by Crippen LogP contribution is -2.52. The number of amides is 1. The summed E-state index contributed by atoms with van der Waals surface area (Å²) in [5.74, 6) is -0.343. The molecule has 1 fully saturated rings. The fourth-order valence-electron chi connectivity index (χ4n) is 4.34. The highest BCUT2D eigenvalue weighted by molar-refractivity contribution is 6.01. The maximum Gasteiger partial charge on any atom is 0.409 e. The fourth-order valence-corrected chi connectivity index (χ4v) is 4.34. The van der Waals surface area contributed by atoms with E-state index in [1.807, 2.05) is 6.07 Å². The van der Waals surface area contributed by atoms with E-state index >= 15 is 0 Å². The highest BCUT2D eigenvalue weighted by Crippen LogP contribution is 2.40. The van der Waals surface area contributed by atoms with Gasteiger partial charge in [-0.1, -0.05) is 0 Å². The van der Waals surface area contributed by atoms with Crippen LogP contribution in [0.5, 0.6) is 5.75 Å². The minimum atomic E-state index is -0.693. The molecule has 2 N–H and O–H groups in total. The average Bonchev–Trinajstić information content (AvgIpc) is 3.15. The number of Topliss-reactive ketones (excluding diaryl/α,β-unsaturated/α-hetero) is 1. The first-order chi connectivity index (χ1) is 15.8. The Kier molecular flexibility index (Phi) is 5.72. The van der Waals surface area contributed by atoms with Crippen molar-refractivity contribution in [2.45, 2.75) is 31.8 Å². The number of ketones is 1. The molecule has 1 spiro atoms. The quantitative estimate of drug-likeness (QED) is 0.702. The number of carbonyl (C=O) groups excluding carboxylic acids is 3. The second kappa shape index (κ2) is 8.50. The zero-order chi connectivity index (χ0) is 23.8. The van der Waals surface area contributed by atoms with Crippen molar-refractivity contribution in [2.75, 3.05) is 32.5 Å². The summed E-state index contributed by atoms with van der Waals surface area (Å²) >= 11 is 0. The summed E-state index contributed by atoms with van der Waals surface area (Å²) in [6.07, 6.45) is 2.30. The van der Waals surface area contributed by atoms with E-state index in [9.17, 15) is 19.6 Å². The second-order valence-corrected chi connectivity index (χ2v) is 8.03. The Morgan fingerprint density at radius 3 is 2.67 bits per heavy atom. The van der Waals surface area contributed by atoms with Crippen molar-refractivity contribution in [3.8, 4) is 17.5 Å². The normalized spacial score (nSPS) is 16.5. The number of nitrogen functional groups attached to an aromatic ring is 1. The molecule has 10 heteroatoms. The van der Waals surface area contributed by atoms with Crippen molar-refractivity contribution in [2.24, 2.45) is 0 Å². The van der Waals surface area contributed by atoms with Crippen molar-refractivity contribution < 1.29 is 28.6 Å². The van der Waals surface area contributed by atoms with Gasteiger partial charge in [0.25, 0.3) is 0 Å². The molecule has 0 atom stereocenters. The molecule has 0 unspecified atom stereocenters. The molecule has 3 heterocycles. The first-order valence-corrected chi connectivity index (χ1v) is 10.6. The Bertz CT molecular complexity index is 1170. The molecule has 172 valence electrons. The lowest BCUT2D eigenvalue weighted by molar-refractivity contribution is -0.00860. The fraction of sp³-hybridized carbons (Fsp3) is 0.391. The third-order valence-corrected chi connectivity index (χ3v) is 6.10. The maximum atomic E-state index is 13.1. The number of fused-ring (bicyclic) bond motifs is 1. The van der Waals surface area contributed by atoms with E-state index in [0.717, 1.165) is 0 Å². The molecular weight excluding hydrogens is 428 g/mol. The first-order valence-electron chi connectivity index (χ1n) is 10.6. The number of nitrogens with two attached hydrogens (primary N) is 1. The average molecular weight is 452 g/mol. The lowest BCUT2D eigenvalue weighted by Gasteiger charge is -2.43. The van der Waals surface area contributed by atoms with Crippen molar-refractivity contribution in [3.63, 3.8) is 0 Å². The van der Waals surface area contributed by atoms with E-state index in [4.69, 9.17) is 19.9 Å². The molecule has 10 nitrogen and oxygen atoms in total.